The Kier molecular flexibility index (Phi) is 45.6. The number of carbonyl (C=O) groups is 5. The van der Waals surface area contributed by atoms with Crippen molar-refractivity contribution >= 4 is 139 Å². The van der Waals surface area contributed by atoms with E-state index in [1.807, 2.05) is 125 Å². The second-order valence-electron chi connectivity index (χ2n) is 35.6. The van der Waals surface area contributed by atoms with Crippen molar-refractivity contribution in [2.75, 3.05) is 107 Å². The maximum Gasteiger partial charge on any atom is 0.407 e. The van der Waals surface area contributed by atoms with Gasteiger partial charge < -0.3 is 85.4 Å². The summed E-state index contributed by atoms with van der Waals surface area (Å²) >= 11 is 6.06. The second kappa shape index (κ2) is 55.7. The fourth-order valence-corrected chi connectivity index (χ4v) is 25.7. The molecule has 8 heterocycles. The van der Waals surface area contributed by atoms with Crippen molar-refractivity contribution in [3.8, 4) is 23.0 Å². The van der Waals surface area contributed by atoms with E-state index in [2.05, 4.69) is 36.6 Å². The first kappa shape index (κ1) is 115. The third-order valence-corrected chi connectivity index (χ3v) is 33.9. The maximum atomic E-state index is 13.8. The number of hydrogen-bond donors (Lipinski definition) is 7. The molecule has 8 aromatic rings. The van der Waals surface area contributed by atoms with E-state index in [1.165, 1.54) is 117 Å². The van der Waals surface area contributed by atoms with Crippen LogP contribution in [0.1, 0.15) is 87.7 Å². The number of nitrogens with two attached hydrogens (primary N) is 2. The highest BCUT2D eigenvalue weighted by molar-refractivity contribution is 7.90. The van der Waals surface area contributed by atoms with Gasteiger partial charge in [-0.25, -0.2) is 43.3 Å². The van der Waals surface area contributed by atoms with Gasteiger partial charge in [0.15, 0.2) is 30.0 Å². The molecule has 48 heteroatoms. The number of azide groups is 1. The summed E-state index contributed by atoms with van der Waals surface area (Å²) in [7, 11) is 6.75. The number of ether oxygens (including phenoxy) is 10. The van der Waals surface area contributed by atoms with Crippen molar-refractivity contribution in [1.82, 2.24) is 43.8 Å². The Morgan fingerprint density at radius 3 is 1.01 bits per heavy atom. The molecule has 141 heavy (non-hydrogen) atoms. The zero-order chi connectivity index (χ0) is 103. The highest BCUT2D eigenvalue weighted by Gasteiger charge is 2.47. The molecule has 14 atom stereocenters. The van der Waals surface area contributed by atoms with Crippen LogP contribution in [0, 0.1) is 35.5 Å². The van der Waals surface area contributed by atoms with E-state index in [4.69, 9.17) is 87.9 Å². The highest BCUT2D eigenvalue weighted by atomic mass is 32.2. The van der Waals surface area contributed by atoms with Crippen molar-refractivity contribution in [2.24, 2.45) is 52.1 Å². The number of sulfonamides is 4. The van der Waals surface area contributed by atoms with Crippen LogP contribution in [0.25, 0.3) is 10.4 Å². The van der Waals surface area contributed by atoms with Crippen LogP contribution < -0.4 is 57.0 Å². The molecule has 12 rings (SSSR count). The molecule has 4 saturated heterocycles. The SMILES string of the molecule is COc1ccc(S(=O)(=O)N(CC(C)C)C[C@@H](N)[C@H](Cc2cccs2)NC(=O)O[C@H]2CO[C@H]3OCC[C@H]32)cc1.[B]C(=O)N[C@H](CN(CC(C)C)S(=O)(=O)c1ccc(OC)cc1)[C@@H](N)Cc1cccs1.[B]C(=O)N[C@H](CN(CC(C)C)S(=O)(=O)c1ccc(OC)cc1)[C@H](Cc1cccs1)N=[N+]=[N-].[B]C(=O)N[C@H](CN(CC(C)C)S(=O)(=O)c1ccc(OC)cc1)[C@H](Cc1cccs1)NC(=O)O[C@H]1CO[C@H]2OCC[C@H]21. The Balaban J connectivity index is 0.000000212. The lowest BCUT2D eigenvalue weighted by Gasteiger charge is -2.34. The Morgan fingerprint density at radius 2 is 0.695 bits per heavy atom. The minimum absolute atomic E-state index is 0.00691. The predicted octanol–water partition coefficient (Wildman–Crippen LogP) is 11.4. The second-order valence-corrected chi connectivity index (χ2v) is 47.5. The van der Waals surface area contributed by atoms with E-state index in [0.29, 0.717) is 61.9 Å². The van der Waals surface area contributed by atoms with Crippen LogP contribution in [-0.4, -0.2) is 284 Å². The number of amides is 5. The molecule has 0 aliphatic carbocycles. The van der Waals surface area contributed by atoms with Crippen LogP contribution in [0.3, 0.4) is 0 Å². The maximum absolute atomic E-state index is 13.8. The Bertz CT molecular complexity index is 5720. The van der Waals surface area contributed by atoms with Crippen LogP contribution in [0.5, 0.6) is 23.0 Å². The van der Waals surface area contributed by atoms with E-state index in [-0.39, 0.29) is 133 Å². The molecule has 4 aromatic carbocycles. The molecule has 4 aliphatic heterocycles. The number of rotatable bonds is 48. The molecule has 0 unspecified atom stereocenters. The first-order valence-corrected chi connectivity index (χ1v) is 55.1. The summed E-state index contributed by atoms with van der Waals surface area (Å²) in [4.78, 5) is 68.9. The number of nitrogens with zero attached hydrogens (tertiary/aromatic N) is 7. The number of nitrogens with one attached hydrogen (secondary N) is 5. The van der Waals surface area contributed by atoms with E-state index in [9.17, 15) is 57.6 Å². The molecule has 6 radical (unpaired) electrons. The molecule has 4 aliphatic rings. The summed E-state index contributed by atoms with van der Waals surface area (Å²) in [6, 6.07) is 34.4. The lowest BCUT2D eigenvalue weighted by atomic mass is 10.0. The van der Waals surface area contributed by atoms with Gasteiger partial charge in [0.1, 0.15) is 35.2 Å². The molecule has 0 saturated carbocycles. The normalized spacial score (nSPS) is 18.5. The van der Waals surface area contributed by atoms with Crippen LogP contribution in [0.4, 0.5) is 24.0 Å². The van der Waals surface area contributed by atoms with Crippen LogP contribution in [0.15, 0.2) is 192 Å². The van der Waals surface area contributed by atoms with Crippen molar-refractivity contribution in [3.63, 3.8) is 0 Å². The molecular formula is C93H127B3N14O23S8. The molecule has 37 nitrogen and oxygen atoms in total. The Morgan fingerprint density at radius 1 is 0.397 bits per heavy atom. The lowest BCUT2D eigenvalue weighted by Crippen LogP contribution is -2.58. The minimum atomic E-state index is -3.99. The molecule has 764 valence electrons. The lowest BCUT2D eigenvalue weighted by molar-refractivity contribution is -0.0909. The van der Waals surface area contributed by atoms with Gasteiger partial charge in [0.25, 0.3) is 0 Å². The molecule has 9 N–H and O–H groups in total. The summed E-state index contributed by atoms with van der Waals surface area (Å²) in [6.07, 6.45) is 0.217. The van der Waals surface area contributed by atoms with Crippen LogP contribution in [0.2, 0.25) is 0 Å². The first-order chi connectivity index (χ1) is 67.0. The summed E-state index contributed by atoms with van der Waals surface area (Å²) in [6.45, 7) is 17.7. The van der Waals surface area contributed by atoms with Gasteiger partial charge in [-0.05, 0) is 198 Å². The summed E-state index contributed by atoms with van der Waals surface area (Å²) in [5, 5.41) is 25.2. The fraction of sp³-hybridized carbons (Fsp3) is 0.516. The third-order valence-electron chi connectivity index (χ3n) is 22.9. The molecule has 5 amide bonds. The summed E-state index contributed by atoms with van der Waals surface area (Å²) in [5.74, 6) is -0.152. The minimum Gasteiger partial charge on any atom is -0.497 e. The van der Waals surface area contributed by atoms with E-state index < -0.39 is 130 Å². The molecular weight excluding hydrogens is 1970 g/mol. The van der Waals surface area contributed by atoms with Gasteiger partial charge in [-0.15, -0.1) is 45.3 Å². The highest BCUT2D eigenvalue weighted by Crippen LogP contribution is 2.36. The van der Waals surface area contributed by atoms with Crippen LogP contribution >= 0.6 is 45.3 Å². The standard InChI is InChI=1S/C27H36BN3O8S2.C26H37N3O7S2.C20H26BN5O4S2.C20H28BN3O4S2/c1-17(2)14-31(41(34,35)20-8-6-18(36-3)7-9-20)15-23(29-26(28)32)22(13-19-5-4-12-40-19)30-27(33)39-24-16-38-25-21(24)10-11-37-25;1-17(2)14-29(38(31,32)20-8-6-18(33-3)7-9-20)15-22(27)23(13-19-5-4-12-37-19)28-26(30)36-24-16-35-25-21(24)10-11-34-25;1-14(2)12-26(32(28,29)17-8-6-15(30-3)7-9-17)13-19(23-20(21)27)18(24-25-22)11-16-5-4-10-31-16;1-14(2)12-24(30(26,27)17-8-6-15(28-3)7-9-17)13-19(23-20(21)25)18(22)11-16-5-4-10-29-16/h4-9,12,17,21-25H,10-11,13-16H2,1-3H3,(H,29,32)(H,30,33);4-9,12,17,21-25H,10-11,13-16,27H2,1-3H3,(H,28,30);4-10,14,18-19H,11-13H2,1-3H3,(H,23,27);4-10,14,18-19H,11-13,22H2,1-3H3,(H,23,25)/t21-,22-,23+,24-,25+;21-,22+,23-,24-,25+;2*18-,19+/m0000/s1. The van der Waals surface area contributed by atoms with E-state index in [0.717, 1.165) is 32.4 Å². The fourth-order valence-electron chi connectivity index (χ4n) is 16.1. The smallest absolute Gasteiger partial charge is 0.407 e. The van der Waals surface area contributed by atoms with Crippen LogP contribution in [-0.2, 0) is 94.2 Å². The summed E-state index contributed by atoms with van der Waals surface area (Å²) < 4.78 is 168. The average Bonchev–Trinajstić information content (AvgIpc) is 1.23. The predicted molar refractivity (Wildman–Crippen MR) is 544 cm³/mol. The topological polar surface area (TPSA) is 488 Å². The number of carbonyl (C=O) groups excluding carboxylic acids is 5. The van der Waals surface area contributed by atoms with Gasteiger partial charge in [-0.1, -0.05) is 84.8 Å². The zero-order valence-electron chi connectivity index (χ0n) is 81.0. The number of alkyl carbamates (subject to hydrolysis) is 2. The zero-order valence-corrected chi connectivity index (χ0v) is 87.5. The van der Waals surface area contributed by atoms with Gasteiger partial charge in [0.05, 0.1) is 123 Å². The average molecular weight is 2100 g/mol. The molecule has 4 aromatic heterocycles. The quantitative estimate of drug-likeness (QED) is 0.00806. The van der Waals surface area contributed by atoms with Gasteiger partial charge in [-0.3, -0.25) is 14.4 Å². The molecule has 0 bridgehead atoms. The third kappa shape index (κ3) is 35.3. The van der Waals surface area contributed by atoms with Crippen molar-refractivity contribution < 1.29 is 105 Å². The Labute approximate surface area is 847 Å². The number of methoxy groups -OCH3 is 4. The number of benzene rings is 4. The van der Waals surface area contributed by atoms with Crippen molar-refractivity contribution in [3.05, 3.63) is 197 Å². The van der Waals surface area contributed by atoms with Gasteiger partial charge in [0, 0.05) is 102 Å². The molecule has 4 fully saturated rings. The van der Waals surface area contributed by atoms with Gasteiger partial charge in [0.2, 0.25) is 63.6 Å². The van der Waals surface area contributed by atoms with Gasteiger partial charge >= 0.3 is 12.2 Å². The number of fused-ring (bicyclic) bond motifs is 2. The molecule has 0 spiro atoms. The van der Waals surface area contributed by atoms with E-state index in [1.54, 1.807) is 71.2 Å². The monoisotopic (exact) mass is 2100 g/mol. The van der Waals surface area contributed by atoms with Crippen molar-refractivity contribution in [2.45, 2.75) is 187 Å². The summed E-state index contributed by atoms with van der Waals surface area (Å²) in [5.41, 5.74) is 22.1. The first-order valence-electron chi connectivity index (χ1n) is 45.8. The largest absolute Gasteiger partial charge is 0.497 e. The number of thiophene rings is 4. The van der Waals surface area contributed by atoms with E-state index >= 15 is 0 Å². The van der Waals surface area contributed by atoms with Gasteiger partial charge in [-0.2, -0.15) is 17.2 Å². The number of hydrogen-bond acceptors (Lipinski definition) is 30. The Hall–Kier alpha value is -9.27. The van der Waals surface area contributed by atoms with Crippen molar-refractivity contribution in [1.29, 1.82) is 0 Å².